The van der Waals surface area contributed by atoms with Crippen molar-refractivity contribution in [3.05, 3.63) is 29.3 Å². The van der Waals surface area contributed by atoms with Crippen LogP contribution in [0.4, 0.5) is 0 Å². The molecule has 0 saturated heterocycles. The molecular weight excluding hydrogens is 184 g/mol. The third-order valence-corrected chi connectivity index (χ3v) is 1.77. The molecule has 0 aliphatic heterocycles. The Morgan fingerprint density at radius 3 is 2.50 bits per heavy atom. The Morgan fingerprint density at radius 1 is 1.36 bits per heavy atom. The summed E-state index contributed by atoms with van der Waals surface area (Å²) in [6.45, 7) is -0.150. The van der Waals surface area contributed by atoms with Gasteiger partial charge < -0.3 is 16.6 Å². The van der Waals surface area contributed by atoms with Crippen molar-refractivity contribution >= 4 is 11.7 Å². The highest BCUT2D eigenvalue weighted by Crippen LogP contribution is 2.17. The van der Waals surface area contributed by atoms with Crippen LogP contribution in [0.3, 0.4) is 0 Å². The van der Waals surface area contributed by atoms with Crippen molar-refractivity contribution in [3.8, 4) is 5.75 Å². The Labute approximate surface area is 80.3 Å². The van der Waals surface area contributed by atoms with E-state index in [-0.39, 0.29) is 29.2 Å². The number of rotatable bonds is 3. The predicted molar refractivity (Wildman–Crippen MR) is 50.0 cm³/mol. The lowest BCUT2D eigenvalue weighted by molar-refractivity contribution is 0.0997. The summed E-state index contributed by atoms with van der Waals surface area (Å²) in [5.74, 6) is -1.34. The van der Waals surface area contributed by atoms with Crippen molar-refractivity contribution < 1.29 is 14.7 Å². The topological polar surface area (TPSA) is 106 Å². The molecule has 1 rings (SSSR count). The molecule has 0 heterocycles. The van der Waals surface area contributed by atoms with Gasteiger partial charge in [-0.2, -0.15) is 0 Å². The summed E-state index contributed by atoms with van der Waals surface area (Å²) < 4.78 is 0. The largest absolute Gasteiger partial charge is 0.507 e. The van der Waals surface area contributed by atoms with Crippen LogP contribution in [0.15, 0.2) is 18.2 Å². The zero-order chi connectivity index (χ0) is 10.7. The van der Waals surface area contributed by atoms with E-state index in [0.29, 0.717) is 0 Å². The van der Waals surface area contributed by atoms with Crippen LogP contribution in [0.25, 0.3) is 0 Å². The highest BCUT2D eigenvalue weighted by atomic mass is 16.3. The summed E-state index contributed by atoms with van der Waals surface area (Å²) in [6.07, 6.45) is 0. The molecule has 74 valence electrons. The first kappa shape index (κ1) is 10.2. The highest BCUT2D eigenvalue weighted by molar-refractivity contribution is 6.02. The molecule has 1 aromatic rings. The molecule has 0 bridgehead atoms. The maximum Gasteiger partial charge on any atom is 0.252 e. The van der Waals surface area contributed by atoms with Crippen LogP contribution in [0.2, 0.25) is 0 Å². The number of primary amides is 1. The average molecular weight is 194 g/mol. The van der Waals surface area contributed by atoms with Gasteiger partial charge in [0.05, 0.1) is 12.1 Å². The molecule has 5 nitrogen and oxygen atoms in total. The van der Waals surface area contributed by atoms with Gasteiger partial charge in [-0.05, 0) is 18.2 Å². The average Bonchev–Trinajstić information content (AvgIpc) is 2.17. The number of carbonyl (C=O) groups excluding carboxylic acids is 2. The normalized spacial score (nSPS) is 9.79. The highest BCUT2D eigenvalue weighted by Gasteiger charge is 2.11. The fourth-order valence-corrected chi connectivity index (χ4v) is 1.02. The van der Waals surface area contributed by atoms with Crippen molar-refractivity contribution in [2.75, 3.05) is 6.54 Å². The fraction of sp³-hybridized carbons (Fsp3) is 0.111. The van der Waals surface area contributed by atoms with Gasteiger partial charge in [-0.1, -0.05) is 0 Å². The fourth-order valence-electron chi connectivity index (χ4n) is 1.02. The van der Waals surface area contributed by atoms with Crippen molar-refractivity contribution in [1.82, 2.24) is 0 Å². The lowest BCUT2D eigenvalue weighted by Crippen LogP contribution is -2.16. The molecule has 14 heavy (non-hydrogen) atoms. The van der Waals surface area contributed by atoms with Crippen molar-refractivity contribution in [3.63, 3.8) is 0 Å². The lowest BCUT2D eigenvalue weighted by atomic mass is 10.1. The standard InChI is InChI=1S/C9H10N2O3/c10-4-8(13)5-1-2-7(12)6(3-5)9(11)14/h1-3,12H,4,10H2,(H2,11,14). The molecule has 0 saturated carbocycles. The van der Waals surface area contributed by atoms with Crippen molar-refractivity contribution in [2.45, 2.75) is 0 Å². The second-order valence-electron chi connectivity index (χ2n) is 2.72. The maximum absolute atomic E-state index is 11.1. The molecule has 0 aromatic heterocycles. The third-order valence-electron chi connectivity index (χ3n) is 1.77. The number of Topliss-reactive ketones (excluding diaryl/α,β-unsaturated/α-hetero) is 1. The van der Waals surface area contributed by atoms with E-state index in [4.69, 9.17) is 11.5 Å². The van der Waals surface area contributed by atoms with E-state index in [2.05, 4.69) is 0 Å². The molecular formula is C9H10N2O3. The number of aromatic hydroxyl groups is 1. The van der Waals surface area contributed by atoms with Gasteiger partial charge in [0.2, 0.25) is 0 Å². The molecule has 1 amide bonds. The number of benzene rings is 1. The summed E-state index contributed by atoms with van der Waals surface area (Å²) >= 11 is 0. The second-order valence-corrected chi connectivity index (χ2v) is 2.72. The predicted octanol–water partition coefficient (Wildman–Crippen LogP) is -0.368. The Balaban J connectivity index is 3.19. The van der Waals surface area contributed by atoms with E-state index in [1.165, 1.54) is 18.2 Å². The molecule has 0 unspecified atom stereocenters. The third kappa shape index (κ3) is 1.89. The van der Waals surface area contributed by atoms with E-state index < -0.39 is 5.91 Å². The SMILES string of the molecule is NCC(=O)c1ccc(O)c(C(N)=O)c1. The zero-order valence-electron chi connectivity index (χ0n) is 7.36. The van der Waals surface area contributed by atoms with Crippen LogP contribution in [0.1, 0.15) is 20.7 Å². The molecule has 0 radical (unpaired) electrons. The second kappa shape index (κ2) is 3.89. The molecule has 0 atom stereocenters. The molecule has 0 spiro atoms. The van der Waals surface area contributed by atoms with Crippen LogP contribution >= 0.6 is 0 Å². The van der Waals surface area contributed by atoms with Gasteiger partial charge in [0.25, 0.3) is 5.91 Å². The Morgan fingerprint density at radius 2 is 2.00 bits per heavy atom. The number of hydrogen-bond acceptors (Lipinski definition) is 4. The van der Waals surface area contributed by atoms with Crippen molar-refractivity contribution in [2.24, 2.45) is 11.5 Å². The maximum atomic E-state index is 11.1. The van der Waals surface area contributed by atoms with Gasteiger partial charge in [0.15, 0.2) is 5.78 Å². The summed E-state index contributed by atoms with van der Waals surface area (Å²) in [5, 5.41) is 9.22. The number of ketones is 1. The van der Waals surface area contributed by atoms with E-state index in [1.807, 2.05) is 0 Å². The quantitative estimate of drug-likeness (QED) is 0.571. The Bertz CT molecular complexity index is 388. The number of nitrogens with two attached hydrogens (primary N) is 2. The number of carbonyl (C=O) groups is 2. The van der Waals surface area contributed by atoms with Gasteiger partial charge in [-0.3, -0.25) is 9.59 Å². The summed E-state index contributed by atoms with van der Waals surface area (Å²) in [6, 6.07) is 3.85. The molecule has 0 fully saturated rings. The van der Waals surface area contributed by atoms with E-state index >= 15 is 0 Å². The van der Waals surface area contributed by atoms with Gasteiger partial charge in [0, 0.05) is 5.56 Å². The summed E-state index contributed by atoms with van der Waals surface area (Å²) in [4.78, 5) is 21.9. The van der Waals surface area contributed by atoms with Crippen LogP contribution in [0.5, 0.6) is 5.75 Å². The minimum Gasteiger partial charge on any atom is -0.507 e. The van der Waals surface area contributed by atoms with Gasteiger partial charge in [-0.25, -0.2) is 0 Å². The van der Waals surface area contributed by atoms with Crippen LogP contribution in [-0.4, -0.2) is 23.3 Å². The zero-order valence-corrected chi connectivity index (χ0v) is 7.36. The first-order valence-corrected chi connectivity index (χ1v) is 3.92. The van der Waals surface area contributed by atoms with Gasteiger partial charge in [-0.15, -0.1) is 0 Å². The molecule has 0 aliphatic rings. The first-order valence-electron chi connectivity index (χ1n) is 3.92. The van der Waals surface area contributed by atoms with Gasteiger partial charge in [0.1, 0.15) is 5.75 Å². The number of hydrogen-bond donors (Lipinski definition) is 3. The molecule has 1 aromatic carbocycles. The smallest absolute Gasteiger partial charge is 0.252 e. The minimum absolute atomic E-state index is 0.0794. The lowest BCUT2D eigenvalue weighted by Gasteiger charge is -2.02. The van der Waals surface area contributed by atoms with Crippen LogP contribution < -0.4 is 11.5 Å². The minimum atomic E-state index is -0.783. The van der Waals surface area contributed by atoms with E-state index in [1.54, 1.807) is 0 Å². The first-order chi connectivity index (χ1) is 6.56. The number of amides is 1. The Kier molecular flexibility index (Phi) is 2.83. The summed E-state index contributed by atoms with van der Waals surface area (Å²) in [5.41, 5.74) is 10.3. The van der Waals surface area contributed by atoms with Crippen LogP contribution in [-0.2, 0) is 0 Å². The van der Waals surface area contributed by atoms with E-state index in [9.17, 15) is 14.7 Å². The molecule has 5 heteroatoms. The molecule has 0 aliphatic carbocycles. The summed E-state index contributed by atoms with van der Waals surface area (Å²) in [7, 11) is 0. The van der Waals surface area contributed by atoms with Crippen LogP contribution in [0, 0.1) is 0 Å². The van der Waals surface area contributed by atoms with E-state index in [0.717, 1.165) is 0 Å². The monoisotopic (exact) mass is 194 g/mol. The molecule has 5 N–H and O–H groups in total. The number of phenols is 1. The van der Waals surface area contributed by atoms with Gasteiger partial charge >= 0.3 is 0 Å². The van der Waals surface area contributed by atoms with Crippen molar-refractivity contribution in [1.29, 1.82) is 0 Å². The Hall–Kier alpha value is -1.88.